The molecule has 0 aromatic carbocycles. The first-order chi connectivity index (χ1) is 28.8. The molecule has 6 aliphatic rings. The minimum absolute atomic E-state index is 0.290. The third kappa shape index (κ3) is 18.3. The number of hydrogen-bond donors (Lipinski definition) is 0. The van der Waals surface area contributed by atoms with Crippen molar-refractivity contribution in [3.8, 4) is 0 Å². The Bertz CT molecular complexity index is 788. The van der Waals surface area contributed by atoms with Crippen molar-refractivity contribution >= 4 is 31.7 Å². The Kier molecular flexibility index (Phi) is 26.1. The quantitative estimate of drug-likeness (QED) is 0.0570. The fourth-order valence-corrected chi connectivity index (χ4v) is 28.4. The third-order valence-electron chi connectivity index (χ3n) is 17.2. The maximum atomic E-state index is 1.66. The molecule has 0 atom stereocenters. The lowest BCUT2D eigenvalue weighted by Crippen LogP contribution is -2.22. The Morgan fingerprint density at radius 2 is 0.362 bits per heavy atom. The van der Waals surface area contributed by atoms with Gasteiger partial charge in [-0.1, -0.05) is 154 Å². The predicted molar refractivity (Wildman–Crippen MR) is 274 cm³/mol. The van der Waals surface area contributed by atoms with Gasteiger partial charge in [0, 0.05) is 0 Å². The van der Waals surface area contributed by atoms with Crippen LogP contribution < -0.4 is 0 Å². The fourth-order valence-electron chi connectivity index (χ4n) is 13.8. The van der Waals surface area contributed by atoms with Gasteiger partial charge < -0.3 is 0 Å². The molecule has 0 heterocycles. The van der Waals surface area contributed by atoms with Crippen molar-refractivity contribution in [2.75, 3.05) is 37.0 Å². The Labute approximate surface area is 370 Å². The second-order valence-corrected chi connectivity index (χ2v) is 33.0. The van der Waals surface area contributed by atoms with Crippen molar-refractivity contribution in [2.24, 2.45) is 0 Å². The van der Waals surface area contributed by atoms with Gasteiger partial charge in [-0.15, -0.1) is 31.7 Å². The lowest BCUT2D eigenvalue weighted by atomic mass is 9.99. The Morgan fingerprint density at radius 3 is 0.552 bits per heavy atom. The minimum Gasteiger partial charge on any atom is -0.107 e. The van der Waals surface area contributed by atoms with Gasteiger partial charge in [0.2, 0.25) is 0 Å². The van der Waals surface area contributed by atoms with Crippen LogP contribution in [0.2, 0.25) is 0 Å². The molecule has 0 radical (unpaired) electrons. The van der Waals surface area contributed by atoms with Crippen LogP contribution in [0, 0.1) is 0 Å². The van der Waals surface area contributed by atoms with Crippen LogP contribution in [0.4, 0.5) is 0 Å². The maximum Gasteiger partial charge on any atom is -0.0207 e. The summed E-state index contributed by atoms with van der Waals surface area (Å²) in [5.41, 5.74) is 6.99. The van der Waals surface area contributed by atoms with E-state index in [1.165, 1.54) is 38.5 Å². The molecule has 0 unspecified atom stereocenters. The van der Waals surface area contributed by atoms with Crippen LogP contribution in [0.15, 0.2) is 0 Å². The van der Waals surface area contributed by atoms with E-state index in [-0.39, 0.29) is 7.92 Å². The summed E-state index contributed by atoms with van der Waals surface area (Å²) < 4.78 is 0. The van der Waals surface area contributed by atoms with Crippen molar-refractivity contribution in [2.45, 2.75) is 304 Å². The van der Waals surface area contributed by atoms with E-state index in [0.29, 0.717) is 23.8 Å². The highest BCUT2D eigenvalue weighted by atomic mass is 31.1. The van der Waals surface area contributed by atoms with E-state index in [1.807, 2.05) is 0 Å². The Morgan fingerprint density at radius 1 is 0.190 bits per heavy atom. The molecule has 338 valence electrons. The normalized spacial score (nSPS) is 23.6. The van der Waals surface area contributed by atoms with Crippen LogP contribution in [-0.2, 0) is 0 Å². The summed E-state index contributed by atoms with van der Waals surface area (Å²) in [6.45, 7) is 0. The van der Waals surface area contributed by atoms with E-state index in [1.54, 1.807) is 268 Å². The lowest BCUT2D eigenvalue weighted by molar-refractivity contribution is 0.483. The maximum absolute atomic E-state index is 1.66. The van der Waals surface area contributed by atoms with Crippen molar-refractivity contribution in [3.63, 3.8) is 0 Å². The van der Waals surface area contributed by atoms with E-state index < -0.39 is 0 Å². The molecule has 0 nitrogen and oxygen atoms in total. The topological polar surface area (TPSA) is 0 Å². The van der Waals surface area contributed by atoms with Gasteiger partial charge in [-0.25, -0.2) is 0 Å². The van der Waals surface area contributed by atoms with E-state index in [2.05, 4.69) is 0 Å². The average Bonchev–Trinajstić information content (AvgIpc) is 3.29. The standard InChI is InChI=1S/C54H102P4/c1(4-28-46-56(49-31-13-7-14-32-49)50-33-15-8-16-34-50)25-43-55(44-26-2-5-29-47-57(51-35-17-9-18-36-51)52-37-19-10-20-38-52)45-27-3-6-30-48-58(53-39-21-11-22-40-53)54-41-23-12-24-42-54/h49-54H,1-48H2. The van der Waals surface area contributed by atoms with Gasteiger partial charge in [-0.2, -0.15) is 0 Å². The zero-order valence-corrected chi connectivity index (χ0v) is 42.8. The van der Waals surface area contributed by atoms with Gasteiger partial charge in [0.15, 0.2) is 0 Å². The first-order valence-electron chi connectivity index (χ1n) is 27.8. The van der Waals surface area contributed by atoms with Crippen LogP contribution >= 0.6 is 31.7 Å². The van der Waals surface area contributed by atoms with Gasteiger partial charge >= 0.3 is 0 Å². The zero-order chi connectivity index (χ0) is 39.7. The van der Waals surface area contributed by atoms with Crippen LogP contribution in [0.3, 0.4) is 0 Å². The summed E-state index contributed by atoms with van der Waals surface area (Å²) >= 11 is 0. The molecule has 0 saturated heterocycles. The highest BCUT2D eigenvalue weighted by Crippen LogP contribution is 2.58. The zero-order valence-electron chi connectivity index (χ0n) is 39.2. The minimum atomic E-state index is 0.290. The average molecular weight is 875 g/mol. The van der Waals surface area contributed by atoms with Crippen LogP contribution in [0.25, 0.3) is 0 Å². The smallest absolute Gasteiger partial charge is 0.0207 e. The molecule has 0 aromatic rings. The second-order valence-electron chi connectivity index (χ2n) is 21.5. The summed E-state index contributed by atoms with van der Waals surface area (Å²) in [6.07, 6.45) is 76.0. The van der Waals surface area contributed by atoms with Gasteiger partial charge in [0.25, 0.3) is 0 Å². The molecule has 0 aliphatic heterocycles. The molecule has 4 heteroatoms. The van der Waals surface area contributed by atoms with Crippen molar-refractivity contribution < 1.29 is 0 Å². The summed E-state index contributed by atoms with van der Waals surface area (Å²) in [5.74, 6) is 0. The summed E-state index contributed by atoms with van der Waals surface area (Å²) in [6, 6.07) is 0. The molecule has 0 spiro atoms. The van der Waals surface area contributed by atoms with Crippen molar-refractivity contribution in [3.05, 3.63) is 0 Å². The first kappa shape index (κ1) is 49.2. The molecule has 0 N–H and O–H groups in total. The van der Waals surface area contributed by atoms with Crippen molar-refractivity contribution in [1.82, 2.24) is 0 Å². The monoisotopic (exact) mass is 875 g/mol. The van der Waals surface area contributed by atoms with Crippen molar-refractivity contribution in [1.29, 1.82) is 0 Å². The summed E-state index contributed by atoms with van der Waals surface area (Å²) in [7, 11) is 1.26. The Hall–Kier alpha value is 1.72. The number of hydrogen-bond acceptors (Lipinski definition) is 0. The van der Waals surface area contributed by atoms with E-state index in [4.69, 9.17) is 0 Å². The predicted octanol–water partition coefficient (Wildman–Crippen LogP) is 19.6. The molecule has 6 rings (SSSR count). The molecular formula is C54H102P4. The molecule has 0 bridgehead atoms. The molecule has 0 aromatic heterocycles. The van der Waals surface area contributed by atoms with Gasteiger partial charge in [-0.3, -0.25) is 0 Å². The fraction of sp³-hybridized carbons (Fsp3) is 1.00. The van der Waals surface area contributed by atoms with E-state index in [0.717, 1.165) is 34.0 Å². The highest BCUT2D eigenvalue weighted by Gasteiger charge is 2.33. The highest BCUT2D eigenvalue weighted by molar-refractivity contribution is 7.60. The number of rotatable bonds is 27. The second kappa shape index (κ2) is 30.8. The number of unbranched alkanes of at least 4 members (excludes halogenated alkanes) is 9. The van der Waals surface area contributed by atoms with Crippen LogP contribution in [-0.4, -0.2) is 70.9 Å². The summed E-state index contributed by atoms with van der Waals surface area (Å²) in [5, 5.41) is 0. The van der Waals surface area contributed by atoms with Gasteiger partial charge in [0.1, 0.15) is 0 Å². The third-order valence-corrected chi connectivity index (χ3v) is 31.3. The van der Waals surface area contributed by atoms with E-state index in [9.17, 15) is 0 Å². The molecule has 0 amide bonds. The molecule has 6 saturated carbocycles. The molecule has 6 aliphatic carbocycles. The van der Waals surface area contributed by atoms with Crippen LogP contribution in [0.1, 0.15) is 270 Å². The van der Waals surface area contributed by atoms with Gasteiger partial charge in [0.05, 0.1) is 0 Å². The summed E-state index contributed by atoms with van der Waals surface area (Å²) in [4.78, 5) is 0. The Balaban J connectivity index is 0.905. The molecule has 58 heavy (non-hydrogen) atoms. The largest absolute Gasteiger partial charge is 0.107 e. The molecular weight excluding hydrogens is 772 g/mol. The van der Waals surface area contributed by atoms with E-state index >= 15 is 0 Å². The first-order valence-corrected chi connectivity index (χ1v) is 34.7. The van der Waals surface area contributed by atoms with Crippen LogP contribution in [0.5, 0.6) is 0 Å². The lowest BCUT2D eigenvalue weighted by Gasteiger charge is -2.38. The van der Waals surface area contributed by atoms with Gasteiger partial charge in [-0.05, 0) is 187 Å². The molecule has 6 fully saturated rings. The SMILES string of the molecule is C1CCC(P(CCCCCCP(CCCCCCP(C2CCCCC2)C2CCCCC2)CCCCCCP(C2CCCCC2)C2CCCCC2)C2CCCCC2)CC1.